The van der Waals surface area contributed by atoms with E-state index in [0.29, 0.717) is 10.3 Å². The maximum atomic E-state index is 9.07. The zero-order valence-electron chi connectivity index (χ0n) is 11.3. The summed E-state index contributed by atoms with van der Waals surface area (Å²) in [7, 11) is 0. The summed E-state index contributed by atoms with van der Waals surface area (Å²) in [4.78, 5) is 3.19. The van der Waals surface area contributed by atoms with Crippen molar-refractivity contribution in [3.63, 3.8) is 0 Å². The lowest BCUT2D eigenvalue weighted by atomic mass is 10.1. The number of nitrogens with one attached hydrogen (secondary N) is 1. The number of benzene rings is 2. The Hall–Kier alpha value is -2.38. The molecule has 1 N–H and O–H groups in total. The highest BCUT2D eigenvalue weighted by Crippen LogP contribution is 2.23. The van der Waals surface area contributed by atoms with Crippen LogP contribution in [0.2, 0.25) is 0 Å². The summed E-state index contributed by atoms with van der Waals surface area (Å²) in [6, 6.07) is 14.0. The first kappa shape index (κ1) is 12.6. The van der Waals surface area contributed by atoms with Crippen molar-refractivity contribution in [3.05, 3.63) is 57.9 Å². The summed E-state index contributed by atoms with van der Waals surface area (Å²) in [6.45, 7) is 4.12. The zero-order chi connectivity index (χ0) is 14.3. The Labute approximate surface area is 122 Å². The van der Waals surface area contributed by atoms with E-state index in [9.17, 15) is 0 Å². The van der Waals surface area contributed by atoms with Crippen molar-refractivity contribution in [2.24, 2.45) is 0 Å². The van der Waals surface area contributed by atoms with E-state index in [1.165, 1.54) is 5.56 Å². The number of imidazole rings is 1. The van der Waals surface area contributed by atoms with E-state index in [4.69, 9.17) is 17.5 Å². The molecule has 0 aliphatic heterocycles. The van der Waals surface area contributed by atoms with Gasteiger partial charge in [0.25, 0.3) is 0 Å². The number of nitriles is 1. The van der Waals surface area contributed by atoms with Gasteiger partial charge in [-0.2, -0.15) is 5.26 Å². The number of aryl methyl sites for hydroxylation is 2. The van der Waals surface area contributed by atoms with Crippen LogP contribution in [0, 0.1) is 29.9 Å². The van der Waals surface area contributed by atoms with Gasteiger partial charge in [0, 0.05) is 0 Å². The molecule has 1 aromatic heterocycles. The fourth-order valence-corrected chi connectivity index (χ4v) is 2.68. The van der Waals surface area contributed by atoms with Gasteiger partial charge in [0.05, 0.1) is 28.4 Å². The molecule has 1 heterocycles. The Morgan fingerprint density at radius 2 is 1.95 bits per heavy atom. The van der Waals surface area contributed by atoms with Gasteiger partial charge in [-0.15, -0.1) is 0 Å². The number of nitrogens with zero attached hydrogens (tertiary/aromatic N) is 2. The average Bonchev–Trinajstić information content (AvgIpc) is 2.76. The van der Waals surface area contributed by atoms with Crippen molar-refractivity contribution in [3.8, 4) is 11.8 Å². The van der Waals surface area contributed by atoms with Gasteiger partial charge in [0.15, 0.2) is 4.77 Å². The van der Waals surface area contributed by atoms with Crippen molar-refractivity contribution in [2.75, 3.05) is 0 Å². The van der Waals surface area contributed by atoms with E-state index in [0.717, 1.165) is 22.3 Å². The molecule has 0 aliphatic rings. The average molecular weight is 279 g/mol. The van der Waals surface area contributed by atoms with Crippen molar-refractivity contribution in [1.29, 1.82) is 5.26 Å². The fraction of sp³-hybridized carbons (Fsp3) is 0.125. The third-order valence-corrected chi connectivity index (χ3v) is 3.70. The molecule has 0 saturated carbocycles. The molecule has 3 nitrogen and oxygen atoms in total. The molecular weight excluding hydrogens is 266 g/mol. The topological polar surface area (TPSA) is 44.5 Å². The lowest BCUT2D eigenvalue weighted by molar-refractivity contribution is 1.04. The van der Waals surface area contributed by atoms with Gasteiger partial charge in [-0.1, -0.05) is 12.1 Å². The normalized spacial score (nSPS) is 10.7. The predicted molar refractivity (Wildman–Crippen MR) is 82.6 cm³/mol. The van der Waals surface area contributed by atoms with Gasteiger partial charge < -0.3 is 4.98 Å². The molecule has 20 heavy (non-hydrogen) atoms. The Kier molecular flexibility index (Phi) is 2.92. The van der Waals surface area contributed by atoms with Crippen LogP contribution in [-0.2, 0) is 0 Å². The largest absolute Gasteiger partial charge is 0.330 e. The Morgan fingerprint density at radius 1 is 1.15 bits per heavy atom. The van der Waals surface area contributed by atoms with E-state index in [2.05, 4.69) is 43.1 Å². The Balaban J connectivity index is 2.41. The van der Waals surface area contributed by atoms with E-state index in [1.54, 1.807) is 6.07 Å². The highest BCUT2D eigenvalue weighted by atomic mass is 32.1. The quantitative estimate of drug-likeness (QED) is 0.679. The van der Waals surface area contributed by atoms with Gasteiger partial charge in [-0.3, -0.25) is 4.57 Å². The molecule has 0 saturated heterocycles. The molecular formula is C16H13N3S. The first-order chi connectivity index (χ1) is 9.60. The Bertz CT molecular complexity index is 910. The van der Waals surface area contributed by atoms with Gasteiger partial charge in [0.2, 0.25) is 0 Å². The SMILES string of the molecule is Cc1ccc(C)c(-n2c(=S)[nH]c3ccc(C#N)cc32)c1. The van der Waals surface area contributed by atoms with E-state index in [-0.39, 0.29) is 0 Å². The van der Waals surface area contributed by atoms with Gasteiger partial charge in [-0.25, -0.2) is 0 Å². The van der Waals surface area contributed by atoms with Crippen LogP contribution in [-0.4, -0.2) is 9.55 Å². The minimum atomic E-state index is 0.630. The minimum absolute atomic E-state index is 0.630. The van der Waals surface area contributed by atoms with Crippen LogP contribution in [0.15, 0.2) is 36.4 Å². The fourth-order valence-electron chi connectivity index (χ4n) is 2.37. The molecule has 0 amide bonds. The molecule has 0 unspecified atom stereocenters. The van der Waals surface area contributed by atoms with Crippen LogP contribution in [0.5, 0.6) is 0 Å². The summed E-state index contributed by atoms with van der Waals surface area (Å²) < 4.78 is 2.64. The van der Waals surface area contributed by atoms with Crippen LogP contribution >= 0.6 is 12.2 Å². The lowest BCUT2D eigenvalue weighted by Crippen LogP contribution is -1.98. The van der Waals surface area contributed by atoms with Crippen molar-refractivity contribution >= 4 is 23.3 Å². The van der Waals surface area contributed by atoms with Crippen molar-refractivity contribution in [2.45, 2.75) is 13.8 Å². The van der Waals surface area contributed by atoms with Crippen molar-refractivity contribution in [1.82, 2.24) is 9.55 Å². The van der Waals surface area contributed by atoms with Crippen LogP contribution in [0.25, 0.3) is 16.7 Å². The second kappa shape index (κ2) is 4.62. The summed E-state index contributed by atoms with van der Waals surface area (Å²) in [5.41, 5.74) is 5.88. The lowest BCUT2D eigenvalue weighted by Gasteiger charge is -2.09. The van der Waals surface area contributed by atoms with Crippen LogP contribution in [0.3, 0.4) is 0 Å². The smallest absolute Gasteiger partial charge is 0.182 e. The number of aromatic amines is 1. The predicted octanol–water partition coefficient (Wildman–Crippen LogP) is 4.18. The van der Waals surface area contributed by atoms with Crippen LogP contribution in [0.1, 0.15) is 16.7 Å². The van der Waals surface area contributed by atoms with E-state index < -0.39 is 0 Å². The molecule has 2 aromatic carbocycles. The highest BCUT2D eigenvalue weighted by molar-refractivity contribution is 7.71. The number of aromatic nitrogens is 2. The summed E-state index contributed by atoms with van der Waals surface area (Å²) >= 11 is 5.44. The summed E-state index contributed by atoms with van der Waals surface area (Å²) in [6.07, 6.45) is 0. The monoisotopic (exact) mass is 279 g/mol. The molecule has 0 aliphatic carbocycles. The zero-order valence-corrected chi connectivity index (χ0v) is 12.1. The summed E-state index contributed by atoms with van der Waals surface area (Å²) in [5, 5.41) is 9.07. The molecule has 4 heteroatoms. The van der Waals surface area contributed by atoms with E-state index >= 15 is 0 Å². The molecule has 0 spiro atoms. The highest BCUT2D eigenvalue weighted by Gasteiger charge is 2.09. The number of hydrogen-bond donors (Lipinski definition) is 1. The van der Waals surface area contributed by atoms with Crippen molar-refractivity contribution < 1.29 is 0 Å². The first-order valence-corrected chi connectivity index (χ1v) is 6.73. The standard InChI is InChI=1S/C16H13N3S/c1-10-3-4-11(2)14(7-10)19-15-8-12(9-17)5-6-13(15)18-16(19)20/h3-8H,1-2H3,(H,18,20). The van der Waals surface area contributed by atoms with Gasteiger partial charge in [-0.05, 0) is 61.5 Å². The number of hydrogen-bond acceptors (Lipinski definition) is 2. The second-order valence-electron chi connectivity index (χ2n) is 4.90. The third kappa shape index (κ3) is 1.93. The first-order valence-electron chi connectivity index (χ1n) is 6.32. The maximum Gasteiger partial charge on any atom is 0.182 e. The molecule has 3 aromatic rings. The Morgan fingerprint density at radius 3 is 2.70 bits per heavy atom. The van der Waals surface area contributed by atoms with Gasteiger partial charge >= 0.3 is 0 Å². The molecule has 0 bridgehead atoms. The summed E-state index contributed by atoms with van der Waals surface area (Å²) in [5.74, 6) is 0. The number of fused-ring (bicyclic) bond motifs is 1. The molecule has 0 atom stereocenters. The second-order valence-corrected chi connectivity index (χ2v) is 5.29. The maximum absolute atomic E-state index is 9.07. The third-order valence-electron chi connectivity index (χ3n) is 3.42. The molecule has 0 radical (unpaired) electrons. The van der Waals surface area contributed by atoms with Crippen LogP contribution < -0.4 is 0 Å². The number of rotatable bonds is 1. The molecule has 3 rings (SSSR count). The van der Waals surface area contributed by atoms with Crippen LogP contribution in [0.4, 0.5) is 0 Å². The molecule has 98 valence electrons. The minimum Gasteiger partial charge on any atom is -0.330 e. The van der Waals surface area contributed by atoms with Gasteiger partial charge in [0.1, 0.15) is 0 Å². The number of H-pyrrole nitrogens is 1. The van der Waals surface area contributed by atoms with E-state index in [1.807, 2.05) is 16.7 Å². The molecule has 0 fully saturated rings.